The summed E-state index contributed by atoms with van der Waals surface area (Å²) in [6.07, 6.45) is 0. The van der Waals surface area contributed by atoms with Crippen molar-refractivity contribution in [1.82, 2.24) is 5.32 Å². The van der Waals surface area contributed by atoms with Crippen molar-refractivity contribution in [2.24, 2.45) is 5.14 Å². The van der Waals surface area contributed by atoms with Gasteiger partial charge in [0.15, 0.2) is 0 Å². The number of hydrogen-bond donors (Lipinski definition) is 2. The van der Waals surface area contributed by atoms with Gasteiger partial charge in [-0.05, 0) is 6.92 Å². The van der Waals surface area contributed by atoms with Crippen LogP contribution in [0, 0.1) is 6.92 Å². The lowest BCUT2D eigenvalue weighted by atomic mass is 10.3. The van der Waals surface area contributed by atoms with Gasteiger partial charge in [0.2, 0.25) is 10.0 Å². The van der Waals surface area contributed by atoms with Gasteiger partial charge >= 0.3 is 0 Å². The Balaban J connectivity index is 2.87. The Kier molecular flexibility index (Phi) is 3.54. The van der Waals surface area contributed by atoms with E-state index in [9.17, 15) is 8.42 Å². The van der Waals surface area contributed by atoms with E-state index in [2.05, 4.69) is 5.32 Å². The molecule has 0 unspecified atom stereocenters. The van der Waals surface area contributed by atoms with E-state index in [-0.39, 0.29) is 4.90 Å². The highest BCUT2D eigenvalue weighted by Crippen LogP contribution is 2.18. The van der Waals surface area contributed by atoms with Crippen molar-refractivity contribution in [3.63, 3.8) is 0 Å². The third-order valence-electron chi connectivity index (χ3n) is 1.91. The maximum absolute atomic E-state index is 11.1. The summed E-state index contributed by atoms with van der Waals surface area (Å²) in [5.74, 6) is 0.906. The SMILES string of the molecule is Cc1oc(CNC(C)C)cc1S(N)(=O)=O. The van der Waals surface area contributed by atoms with Gasteiger partial charge < -0.3 is 9.73 Å². The highest BCUT2D eigenvalue weighted by atomic mass is 32.2. The number of primary sulfonamides is 1. The van der Waals surface area contributed by atoms with E-state index in [1.54, 1.807) is 6.92 Å². The first-order valence-corrected chi connectivity index (χ1v) is 6.21. The largest absolute Gasteiger partial charge is 0.464 e. The number of hydrogen-bond acceptors (Lipinski definition) is 4. The van der Waals surface area contributed by atoms with E-state index >= 15 is 0 Å². The van der Waals surface area contributed by atoms with Crippen LogP contribution < -0.4 is 10.5 Å². The molecule has 0 aliphatic carbocycles. The third kappa shape index (κ3) is 3.33. The predicted octanol–water partition coefficient (Wildman–Crippen LogP) is 0.733. The van der Waals surface area contributed by atoms with Crippen molar-refractivity contribution < 1.29 is 12.8 Å². The Labute approximate surface area is 89.7 Å². The molecule has 0 aliphatic rings. The summed E-state index contributed by atoms with van der Waals surface area (Å²) in [5.41, 5.74) is 0. The molecule has 3 N–H and O–H groups in total. The average Bonchev–Trinajstić information content (AvgIpc) is 2.42. The zero-order valence-electron chi connectivity index (χ0n) is 9.07. The molecule has 0 aromatic carbocycles. The summed E-state index contributed by atoms with van der Waals surface area (Å²) in [6, 6.07) is 1.77. The molecule has 1 aromatic rings. The lowest BCUT2D eigenvalue weighted by Gasteiger charge is -2.04. The number of rotatable bonds is 4. The fourth-order valence-electron chi connectivity index (χ4n) is 1.20. The monoisotopic (exact) mass is 232 g/mol. The van der Waals surface area contributed by atoms with Gasteiger partial charge in [0.05, 0.1) is 6.54 Å². The minimum atomic E-state index is -3.67. The first-order chi connectivity index (χ1) is 6.80. The zero-order valence-corrected chi connectivity index (χ0v) is 9.89. The summed E-state index contributed by atoms with van der Waals surface area (Å²) in [6.45, 7) is 6.07. The van der Waals surface area contributed by atoms with E-state index in [1.165, 1.54) is 6.07 Å². The van der Waals surface area contributed by atoms with E-state index in [0.717, 1.165) is 0 Å². The van der Waals surface area contributed by atoms with Gasteiger partial charge in [0.25, 0.3) is 0 Å². The minimum Gasteiger partial charge on any atom is -0.464 e. The summed E-state index contributed by atoms with van der Waals surface area (Å²) in [7, 11) is -3.67. The topological polar surface area (TPSA) is 85.3 Å². The van der Waals surface area contributed by atoms with Crippen LogP contribution in [0.2, 0.25) is 0 Å². The normalized spacial score (nSPS) is 12.3. The molecule has 5 nitrogen and oxygen atoms in total. The smallest absolute Gasteiger partial charge is 0.241 e. The van der Waals surface area contributed by atoms with E-state index in [4.69, 9.17) is 9.56 Å². The fourth-order valence-corrected chi connectivity index (χ4v) is 1.94. The molecule has 0 saturated carbocycles. The average molecular weight is 232 g/mol. The molecule has 0 bridgehead atoms. The van der Waals surface area contributed by atoms with Crippen molar-refractivity contribution in [1.29, 1.82) is 0 Å². The second kappa shape index (κ2) is 4.34. The molecule has 1 aromatic heterocycles. The Hall–Kier alpha value is -0.850. The molecule has 0 atom stereocenters. The molecule has 0 radical (unpaired) electrons. The Bertz CT molecular complexity index is 434. The molecule has 0 spiro atoms. The highest BCUT2D eigenvalue weighted by molar-refractivity contribution is 7.89. The van der Waals surface area contributed by atoms with Crippen molar-refractivity contribution in [2.45, 2.75) is 38.3 Å². The van der Waals surface area contributed by atoms with Gasteiger partial charge in [-0.3, -0.25) is 0 Å². The maximum Gasteiger partial charge on any atom is 0.241 e. The lowest BCUT2D eigenvalue weighted by Crippen LogP contribution is -2.21. The number of furan rings is 1. The molecule has 0 amide bonds. The molecular weight excluding hydrogens is 216 g/mol. The van der Waals surface area contributed by atoms with Crippen molar-refractivity contribution in [2.75, 3.05) is 0 Å². The van der Waals surface area contributed by atoms with Crippen molar-refractivity contribution >= 4 is 10.0 Å². The molecule has 0 fully saturated rings. The zero-order chi connectivity index (χ0) is 11.6. The quantitative estimate of drug-likeness (QED) is 0.801. The summed E-state index contributed by atoms with van der Waals surface area (Å²) in [4.78, 5) is 0.0584. The molecule has 1 heterocycles. The number of nitrogens with two attached hydrogens (primary N) is 1. The molecule has 15 heavy (non-hydrogen) atoms. The van der Waals surface area contributed by atoms with Crippen LogP contribution in [-0.2, 0) is 16.6 Å². The van der Waals surface area contributed by atoms with Crippen LogP contribution in [0.3, 0.4) is 0 Å². The summed E-state index contributed by atoms with van der Waals surface area (Å²) >= 11 is 0. The van der Waals surface area contributed by atoms with Crippen LogP contribution in [0.4, 0.5) is 0 Å². The van der Waals surface area contributed by atoms with Gasteiger partial charge in [-0.2, -0.15) is 0 Å². The third-order valence-corrected chi connectivity index (χ3v) is 2.93. The standard InChI is InChI=1S/C9H16N2O3S/c1-6(2)11-5-8-4-9(7(3)14-8)15(10,12)13/h4,6,11H,5H2,1-3H3,(H2,10,12,13). The van der Waals surface area contributed by atoms with Gasteiger partial charge in [-0.15, -0.1) is 0 Å². The van der Waals surface area contributed by atoms with E-state index in [0.29, 0.717) is 24.1 Å². The first-order valence-electron chi connectivity index (χ1n) is 4.66. The van der Waals surface area contributed by atoms with Crippen molar-refractivity contribution in [3.8, 4) is 0 Å². The predicted molar refractivity (Wildman–Crippen MR) is 56.8 cm³/mol. The van der Waals surface area contributed by atoms with Crippen LogP contribution in [0.5, 0.6) is 0 Å². The number of sulfonamides is 1. The minimum absolute atomic E-state index is 0.0584. The Morgan fingerprint density at radius 1 is 1.53 bits per heavy atom. The molecule has 0 aliphatic heterocycles. The Morgan fingerprint density at radius 3 is 2.53 bits per heavy atom. The molecule has 1 rings (SSSR count). The van der Waals surface area contributed by atoms with Crippen LogP contribution in [0.25, 0.3) is 0 Å². The molecular formula is C9H16N2O3S. The summed E-state index contributed by atoms with van der Waals surface area (Å²) < 4.78 is 27.5. The maximum atomic E-state index is 11.1. The second-order valence-electron chi connectivity index (χ2n) is 3.71. The van der Waals surface area contributed by atoms with Crippen molar-refractivity contribution in [3.05, 3.63) is 17.6 Å². The van der Waals surface area contributed by atoms with E-state index in [1.807, 2.05) is 13.8 Å². The fraction of sp³-hybridized carbons (Fsp3) is 0.556. The van der Waals surface area contributed by atoms with Gasteiger partial charge in [-0.1, -0.05) is 13.8 Å². The number of aryl methyl sites for hydroxylation is 1. The molecule has 86 valence electrons. The van der Waals surface area contributed by atoms with Crippen LogP contribution in [-0.4, -0.2) is 14.5 Å². The number of nitrogens with one attached hydrogen (secondary N) is 1. The van der Waals surface area contributed by atoms with Crippen LogP contribution in [0.15, 0.2) is 15.4 Å². The van der Waals surface area contributed by atoms with Gasteiger partial charge in [0.1, 0.15) is 16.4 Å². The second-order valence-corrected chi connectivity index (χ2v) is 5.24. The van der Waals surface area contributed by atoms with Gasteiger partial charge in [0, 0.05) is 12.1 Å². The molecule has 0 saturated heterocycles. The van der Waals surface area contributed by atoms with Gasteiger partial charge in [-0.25, -0.2) is 13.6 Å². The van der Waals surface area contributed by atoms with Crippen LogP contribution >= 0.6 is 0 Å². The first kappa shape index (κ1) is 12.2. The lowest BCUT2D eigenvalue weighted by molar-refractivity contribution is 0.444. The van der Waals surface area contributed by atoms with E-state index < -0.39 is 10.0 Å². The summed E-state index contributed by atoms with van der Waals surface area (Å²) in [5, 5.41) is 8.14. The Morgan fingerprint density at radius 2 is 2.13 bits per heavy atom. The highest BCUT2D eigenvalue weighted by Gasteiger charge is 2.16. The van der Waals surface area contributed by atoms with Crippen LogP contribution in [0.1, 0.15) is 25.4 Å². The molecule has 6 heteroatoms.